The van der Waals surface area contributed by atoms with Crippen LogP contribution >= 0.6 is 27.0 Å². The number of ether oxygens (including phenoxy) is 3. The van der Waals surface area contributed by atoms with Crippen LogP contribution < -0.4 is 28.3 Å². The fourth-order valence-corrected chi connectivity index (χ4v) is 3.89. The van der Waals surface area contributed by atoms with Gasteiger partial charge in [-0.25, -0.2) is 19.6 Å². The van der Waals surface area contributed by atoms with Gasteiger partial charge in [-0.05, 0) is 76.9 Å². The number of nitrogens with zero attached hydrogens (tertiary/aromatic N) is 4. The van der Waals surface area contributed by atoms with Gasteiger partial charge < -0.3 is 30.3 Å². The molecule has 0 fully saturated rings. The molecule has 2 atom stereocenters. The van der Waals surface area contributed by atoms with Gasteiger partial charge in [0.2, 0.25) is 11.8 Å². The number of carbonyl (C=O) groups excluding carboxylic acids is 1. The summed E-state index contributed by atoms with van der Waals surface area (Å²) in [5.74, 6) is 1.12. The number of hydrogen-bond donors (Lipinski definition) is 1. The molecule has 12 nitrogen and oxygen atoms in total. The normalized spacial score (nSPS) is 10.6. The number of esters is 1. The van der Waals surface area contributed by atoms with Gasteiger partial charge in [-0.2, -0.15) is 37.0 Å². The smallest absolute Gasteiger partial charge is 0.870 e. The van der Waals surface area contributed by atoms with E-state index in [2.05, 4.69) is 24.7 Å². The molecule has 246 valence electrons. The molecule has 0 saturated carbocycles. The van der Waals surface area contributed by atoms with E-state index in [1.54, 1.807) is 48.5 Å². The molecular weight excluding hydrogens is 627 g/mol. The van der Waals surface area contributed by atoms with E-state index >= 15 is 0 Å². The summed E-state index contributed by atoms with van der Waals surface area (Å²) in [7, 11) is 1.36. The quantitative estimate of drug-likeness (QED) is 0.214. The monoisotopic (exact) mass is 668 g/mol. The number of rotatable bonds is 8. The van der Waals surface area contributed by atoms with Crippen LogP contribution in [0, 0.1) is 27.7 Å². The molecule has 0 unspecified atom stereocenters. The van der Waals surface area contributed by atoms with Gasteiger partial charge in [-0.1, -0.05) is 24.3 Å². The second-order valence-electron chi connectivity index (χ2n) is 9.35. The van der Waals surface area contributed by atoms with E-state index in [4.69, 9.17) is 14.6 Å². The largest absolute Gasteiger partial charge is 1.00 e. The molecule has 0 aliphatic carbocycles. The summed E-state index contributed by atoms with van der Waals surface area (Å²) in [5, 5.41) is 8.86. The van der Waals surface area contributed by atoms with Crippen LogP contribution in [0.3, 0.4) is 0 Å². The van der Waals surface area contributed by atoms with E-state index in [1.807, 2.05) is 53.7 Å². The van der Waals surface area contributed by atoms with Gasteiger partial charge in [0.15, 0.2) is 0 Å². The predicted octanol–water partition coefficient (Wildman–Crippen LogP) is 2.18. The summed E-state index contributed by atoms with van der Waals surface area (Å²) < 4.78 is 16.3. The van der Waals surface area contributed by atoms with Crippen LogP contribution in [-0.2, 0) is 4.74 Å². The standard InChI is InChI=1S/C16H18N2O3.C15H16N2O3.Li.2H2O.2H2S/c1-10-9-15(18-12(3)17-10)21-11(2)13-5-7-14(8-6-13)16(19)20-4;1-9-8-14(17-11(3)16-9)20-10(2)12-4-6-13(7-5-12)15(18)19;;;;;/h5-9,11H,1-4H3;4-8,10H,1-3H3,(H,18,19);;4*1H2/q;;+1;;;;/p-1/t11-;10-;;;;;/m00...../s1. The first-order valence-electron chi connectivity index (χ1n) is 12.9. The number of aromatic nitrogens is 4. The minimum absolute atomic E-state index is 0. The van der Waals surface area contributed by atoms with Gasteiger partial charge in [0.1, 0.15) is 23.9 Å². The van der Waals surface area contributed by atoms with Crippen molar-refractivity contribution in [3.63, 3.8) is 0 Å². The van der Waals surface area contributed by atoms with Crippen molar-refractivity contribution in [3.05, 3.63) is 106 Å². The molecule has 0 aliphatic heterocycles. The average molecular weight is 669 g/mol. The Hall–Kier alpha value is -3.64. The third kappa shape index (κ3) is 14.2. The molecule has 0 spiro atoms. The van der Waals surface area contributed by atoms with Crippen LogP contribution in [-0.4, -0.2) is 55.0 Å². The van der Waals surface area contributed by atoms with E-state index in [0.29, 0.717) is 29.0 Å². The van der Waals surface area contributed by atoms with Crippen molar-refractivity contribution in [2.75, 3.05) is 7.11 Å². The zero-order chi connectivity index (χ0) is 30.1. The summed E-state index contributed by atoms with van der Waals surface area (Å²) in [6, 6.07) is 17.3. The van der Waals surface area contributed by atoms with Crippen LogP contribution in [0.25, 0.3) is 0 Å². The van der Waals surface area contributed by atoms with Gasteiger partial charge in [0, 0.05) is 23.5 Å². The van der Waals surface area contributed by atoms with Crippen LogP contribution in [0.15, 0.2) is 60.7 Å². The fourth-order valence-electron chi connectivity index (χ4n) is 3.89. The topological polar surface area (TPSA) is 195 Å². The molecule has 0 radical (unpaired) electrons. The number of methoxy groups -OCH3 is 1. The number of benzene rings is 2. The molecule has 0 amide bonds. The molecular formula is C31H41LiN4O8S2. The number of aryl methyl sites for hydroxylation is 4. The first-order chi connectivity index (χ1) is 19.4. The zero-order valence-corrected chi connectivity index (χ0v) is 29.2. The van der Waals surface area contributed by atoms with E-state index in [9.17, 15) is 9.59 Å². The number of hydrogen-bond acceptors (Lipinski definition) is 10. The fraction of sp³-hybridized carbons (Fsp3) is 0.290. The first-order valence-corrected chi connectivity index (χ1v) is 12.9. The maximum atomic E-state index is 11.4. The number of carboxylic acids is 1. The zero-order valence-electron chi connectivity index (χ0n) is 27.2. The van der Waals surface area contributed by atoms with Crippen LogP contribution in [0.5, 0.6) is 11.8 Å². The van der Waals surface area contributed by atoms with Crippen molar-refractivity contribution in [3.8, 4) is 11.8 Å². The molecule has 4 rings (SSSR count). The molecule has 15 heteroatoms. The summed E-state index contributed by atoms with van der Waals surface area (Å²) >= 11 is 0. The van der Waals surface area contributed by atoms with Crippen molar-refractivity contribution in [1.82, 2.24) is 19.9 Å². The Morgan fingerprint density at radius 2 is 1.02 bits per heavy atom. The molecule has 4 N–H and O–H groups in total. The minimum atomic E-state index is -0.938. The second-order valence-corrected chi connectivity index (χ2v) is 9.35. The Labute approximate surface area is 295 Å². The molecule has 0 saturated heterocycles. The SMILES string of the molecule is COC(=O)c1ccc([C@H](C)Oc2cc(C)nc(C)n2)cc1.Cc1cc(O[C@@H](C)c2ccc(C(=O)O)cc2)nc(C)n1.O.S.S.[Li+].[OH-]. The Bertz CT molecular complexity index is 1470. The van der Waals surface area contributed by atoms with Gasteiger partial charge in [0.05, 0.1) is 18.2 Å². The van der Waals surface area contributed by atoms with Gasteiger partial charge in [-0.15, -0.1) is 0 Å². The third-order valence-corrected chi connectivity index (χ3v) is 5.91. The number of carbonyl (C=O) groups is 2. The van der Waals surface area contributed by atoms with E-state index in [1.165, 1.54) is 7.11 Å². The van der Waals surface area contributed by atoms with Crippen molar-refractivity contribution in [1.29, 1.82) is 0 Å². The summed E-state index contributed by atoms with van der Waals surface area (Å²) in [6.07, 6.45) is -0.392. The Balaban J connectivity index is -0.000000726. The average Bonchev–Trinajstić information content (AvgIpc) is 2.92. The molecule has 46 heavy (non-hydrogen) atoms. The summed E-state index contributed by atoms with van der Waals surface area (Å²) in [4.78, 5) is 39.1. The van der Waals surface area contributed by atoms with E-state index < -0.39 is 5.97 Å². The van der Waals surface area contributed by atoms with Crippen LogP contribution in [0.2, 0.25) is 0 Å². The van der Waals surface area contributed by atoms with Crippen LogP contribution in [0.1, 0.15) is 80.9 Å². The van der Waals surface area contributed by atoms with Crippen molar-refractivity contribution >= 4 is 38.9 Å². The van der Waals surface area contributed by atoms with E-state index in [-0.39, 0.29) is 80.5 Å². The van der Waals surface area contributed by atoms with Crippen molar-refractivity contribution < 1.29 is 58.7 Å². The molecule has 2 aromatic carbocycles. The predicted molar refractivity (Wildman–Crippen MR) is 179 cm³/mol. The number of carboxylic acid groups (broad SMARTS) is 1. The van der Waals surface area contributed by atoms with Crippen molar-refractivity contribution in [2.24, 2.45) is 0 Å². The first kappa shape index (κ1) is 46.8. The molecule has 4 aromatic rings. The second kappa shape index (κ2) is 22.0. The Morgan fingerprint density at radius 3 is 1.33 bits per heavy atom. The van der Waals surface area contributed by atoms with Crippen molar-refractivity contribution in [2.45, 2.75) is 53.8 Å². The van der Waals surface area contributed by atoms with Gasteiger partial charge in [0.25, 0.3) is 0 Å². The minimum Gasteiger partial charge on any atom is -0.870 e. The molecule has 0 aliphatic rings. The maximum absolute atomic E-state index is 11.4. The third-order valence-electron chi connectivity index (χ3n) is 5.91. The van der Waals surface area contributed by atoms with Gasteiger partial charge >= 0.3 is 30.8 Å². The maximum Gasteiger partial charge on any atom is 1.00 e. The summed E-state index contributed by atoms with van der Waals surface area (Å²) in [6.45, 7) is 11.2. The molecule has 0 bridgehead atoms. The molecule has 2 heterocycles. The Kier molecular flexibility index (Phi) is 22.3. The number of aromatic carboxylic acids is 1. The van der Waals surface area contributed by atoms with E-state index in [0.717, 1.165) is 22.5 Å². The van der Waals surface area contributed by atoms with Crippen LogP contribution in [0.4, 0.5) is 0 Å². The summed E-state index contributed by atoms with van der Waals surface area (Å²) in [5.41, 5.74) is 4.34. The van der Waals surface area contributed by atoms with Gasteiger partial charge in [-0.3, -0.25) is 0 Å². The molecule has 2 aromatic heterocycles. The Morgan fingerprint density at radius 1 is 0.674 bits per heavy atom.